The summed E-state index contributed by atoms with van der Waals surface area (Å²) >= 11 is 0. The van der Waals surface area contributed by atoms with Crippen molar-refractivity contribution in [3.8, 4) is 0 Å². The molecule has 8 atom stereocenters. The number of nitrogens with zero attached hydrogens (tertiary/aromatic N) is 9. The van der Waals surface area contributed by atoms with Crippen LogP contribution >= 0.6 is 0 Å². The number of quaternary nitrogens is 4. The number of ether oxygens (including phenoxy) is 1. The van der Waals surface area contributed by atoms with Crippen molar-refractivity contribution in [1.29, 1.82) is 0 Å². The van der Waals surface area contributed by atoms with Gasteiger partial charge >= 0.3 is 5.97 Å². The SMILES string of the molecule is C.CC(O)C1C(=O)N2C(C(=O)OCc3ccc([N+](=O)[O-])cc3)=C(CN3c4cccc5c(CC[N+]67CC[N+](CC(N)=O)(CC6)CC7)ccc(c45)S3(=O)=O)[C@H](C)C12.CC(O)C1C(=O)N2C(C(=O)[O-])=C(CN3c4cccc5c(CC[N+]67CC[N+](CC(N)=O)(CC6)CC7)ccc(c45)S3(=O)=O)[C@H](C)C12.O=S(=O)(O)c1ccccc1. The lowest BCUT2D eigenvalue weighted by Crippen LogP contribution is -2.76. The third-order valence-corrected chi connectivity index (χ3v) is 29.5. The zero-order valence-corrected chi connectivity index (χ0v) is 62.7. The van der Waals surface area contributed by atoms with Gasteiger partial charge in [-0.3, -0.25) is 42.5 Å². The molecule has 4 bridgehead atoms. The molecule has 4 amide bonds. The normalized spacial score (nSPS) is 28.1. The molecule has 12 aliphatic rings. The number of aliphatic hydroxyl groups is 2. The Morgan fingerprint density at radius 3 is 1.35 bits per heavy atom. The van der Waals surface area contributed by atoms with Crippen molar-refractivity contribution >= 4 is 104 Å². The molecule has 0 radical (unpaired) electrons. The summed E-state index contributed by atoms with van der Waals surface area (Å²) in [5.74, 6) is -6.25. The second kappa shape index (κ2) is 28.5. The summed E-state index contributed by atoms with van der Waals surface area (Å²) in [6, 6.07) is 30.1. The minimum Gasteiger partial charge on any atom is -0.543 e. The summed E-state index contributed by atoms with van der Waals surface area (Å²) in [4.78, 5) is 89.0. The van der Waals surface area contributed by atoms with Crippen molar-refractivity contribution in [1.82, 2.24) is 9.80 Å². The Hall–Kier alpha value is -9.29. The number of piperazine rings is 6. The number of carboxylic acid groups (broad SMARTS) is 1. The van der Waals surface area contributed by atoms with Gasteiger partial charge in [-0.15, -0.1) is 0 Å². The van der Waals surface area contributed by atoms with Crippen LogP contribution in [0.4, 0.5) is 17.1 Å². The van der Waals surface area contributed by atoms with E-state index in [0.717, 1.165) is 149 Å². The molecule has 0 aliphatic carbocycles. The zero-order valence-electron chi connectivity index (χ0n) is 60.2. The Morgan fingerprint density at radius 1 is 0.587 bits per heavy atom. The molecule has 580 valence electrons. The molecule has 12 aliphatic heterocycles. The van der Waals surface area contributed by atoms with E-state index >= 15 is 0 Å². The Balaban J connectivity index is 0.000000171. The summed E-state index contributed by atoms with van der Waals surface area (Å²) in [6.45, 7) is 20.0. The first-order valence-corrected chi connectivity index (χ1v) is 40.6. The number of anilines is 2. The Labute approximate surface area is 631 Å². The molecule has 7 N–H and O–H groups in total. The van der Waals surface area contributed by atoms with E-state index in [9.17, 15) is 79.5 Å². The lowest BCUT2D eigenvalue weighted by Gasteiger charge is -2.55. The number of fused-ring (bicyclic) bond motifs is 8. The third kappa shape index (κ3) is 13.5. The molecule has 8 saturated heterocycles. The first-order valence-electron chi connectivity index (χ1n) is 36.3. The minimum absolute atomic E-state index is 0. The number of primary amides is 2. The highest BCUT2D eigenvalue weighted by molar-refractivity contribution is 7.94. The van der Waals surface area contributed by atoms with E-state index in [4.69, 9.17) is 20.8 Å². The van der Waals surface area contributed by atoms with Crippen LogP contribution in [0.1, 0.15) is 51.8 Å². The van der Waals surface area contributed by atoms with Gasteiger partial charge in [0.15, 0.2) is 13.1 Å². The van der Waals surface area contributed by atoms with Crippen LogP contribution in [-0.4, -0.2) is 250 Å². The highest BCUT2D eigenvalue weighted by atomic mass is 32.2. The van der Waals surface area contributed by atoms with E-state index in [1.165, 1.54) is 63.8 Å². The van der Waals surface area contributed by atoms with Crippen LogP contribution in [-0.2, 0) is 83.1 Å². The Morgan fingerprint density at radius 2 is 0.982 bits per heavy atom. The number of rotatable bonds is 22. The maximum Gasteiger partial charge on any atom is 0.355 e. The van der Waals surface area contributed by atoms with Gasteiger partial charge in [0.25, 0.3) is 47.7 Å². The van der Waals surface area contributed by atoms with Crippen LogP contribution in [0.2, 0.25) is 0 Å². The maximum absolute atomic E-state index is 14.3. The number of sulfonamides is 2. The number of hydrogen-bond donors (Lipinski definition) is 5. The fourth-order valence-corrected chi connectivity index (χ4v) is 22.7. The van der Waals surface area contributed by atoms with Gasteiger partial charge in [-0.25, -0.2) is 21.6 Å². The van der Waals surface area contributed by atoms with Crippen molar-refractivity contribution in [3.63, 3.8) is 0 Å². The van der Waals surface area contributed by atoms with Gasteiger partial charge in [-0.1, -0.05) is 75.9 Å². The van der Waals surface area contributed by atoms with E-state index in [1.807, 2.05) is 43.3 Å². The number of nitro groups is 1. The van der Waals surface area contributed by atoms with Crippen molar-refractivity contribution in [2.24, 2.45) is 35.1 Å². The van der Waals surface area contributed by atoms with Gasteiger partial charge in [0.05, 0.1) is 105 Å². The molecule has 6 aromatic rings. The number of benzene rings is 6. The topological polar surface area (TPSA) is 406 Å². The number of aliphatic hydroxyl groups excluding tert-OH is 2. The summed E-state index contributed by atoms with van der Waals surface area (Å²) in [6.07, 6.45) is -0.422. The number of amides is 4. The first-order chi connectivity index (χ1) is 51.0. The summed E-state index contributed by atoms with van der Waals surface area (Å²) in [7, 11) is -12.1. The molecule has 0 spiro atoms. The van der Waals surface area contributed by atoms with Gasteiger partial charge in [-0.05, 0) is 101 Å². The van der Waals surface area contributed by atoms with Crippen LogP contribution in [0.5, 0.6) is 0 Å². The molecule has 30 nitrogen and oxygen atoms in total. The second-order valence-electron chi connectivity index (χ2n) is 30.9. The predicted molar refractivity (Wildman–Crippen MR) is 397 cm³/mol. The number of aliphatic carboxylic acids is 1. The van der Waals surface area contributed by atoms with Crippen molar-refractivity contribution < 1.29 is 101 Å². The van der Waals surface area contributed by atoms with Crippen molar-refractivity contribution in [3.05, 3.63) is 165 Å². The van der Waals surface area contributed by atoms with E-state index in [2.05, 4.69) is 0 Å². The number of hydrogen-bond acceptors (Lipinski definition) is 18. The number of carboxylic acids is 1. The minimum atomic E-state index is -4.07. The smallest absolute Gasteiger partial charge is 0.355 e. The lowest BCUT2D eigenvalue weighted by molar-refractivity contribution is -1.08. The highest BCUT2D eigenvalue weighted by Crippen LogP contribution is 2.53. The molecule has 0 aromatic heterocycles. The van der Waals surface area contributed by atoms with Gasteiger partial charge in [0.2, 0.25) is 11.8 Å². The quantitative estimate of drug-likeness (QED) is 0.0162. The van der Waals surface area contributed by atoms with Gasteiger partial charge < -0.3 is 64.1 Å². The van der Waals surface area contributed by atoms with E-state index in [1.54, 1.807) is 49.4 Å². The predicted octanol–water partition coefficient (Wildman–Crippen LogP) is 2.27. The average molecular weight is 1560 g/mol. The molecule has 12 heterocycles. The van der Waals surface area contributed by atoms with Crippen LogP contribution in [0.3, 0.4) is 0 Å². The monoisotopic (exact) mass is 1560 g/mol. The third-order valence-electron chi connectivity index (χ3n) is 25.0. The molecule has 6 aromatic carbocycles. The van der Waals surface area contributed by atoms with Crippen LogP contribution in [0.25, 0.3) is 21.5 Å². The molecule has 18 rings (SSSR count). The average Bonchev–Trinajstić information content (AvgIpc) is 1.55. The van der Waals surface area contributed by atoms with E-state index in [-0.39, 0.29) is 70.7 Å². The number of carbonyl (C=O) groups excluding carboxylic acids is 6. The molecule has 109 heavy (non-hydrogen) atoms. The second-order valence-corrected chi connectivity index (χ2v) is 36.0. The molecular formula is C76H92N11O19S3+3. The molecule has 33 heteroatoms. The maximum atomic E-state index is 14.3. The fourth-order valence-electron chi connectivity index (χ4n) is 18.9. The first kappa shape index (κ1) is 77.9. The summed E-state index contributed by atoms with van der Waals surface area (Å²) < 4.78 is 97.5. The number of nitro benzene ring substituents is 1. The fraction of sp³-hybridized carbons (Fsp3) is 0.447. The standard InChI is InChI=1S/C38H43N6O9S.C31H37N5O7S.C6H6O3S.CH4/c1-23-29(36(41-35(23)33(24(2)45)37(41)47)38(48)53-22-25-6-9-27(10-7-25)42(49)50)20-40-30-5-3-4-28-26(8-11-31(34(28)30)54(40,51)52)12-13-43-14-17-44(18-15-43,19-16-43)21-32(39)46;1-18-22(29(31(40)41)34-28(18)26(19(2)37)30(34)39)16-33-23-5-3-4-21-20(6-7-24(27(21)23)44(33,42)43)8-9-35-10-13-36(14-11-35,15-12-35)17-25(32)38;7-10(8,9)6-4-2-1-3-5-6;/h3-11,23-24,33,35,45H,12-22H2,1-2H3,(H-,39,46);3-7,18-19,26,28,37H,8-17H2,1-2H3,(H-2,32,38,40,41);1-5H,(H,7,8,9);1H4/q+1;;;/p+2/t23-,24?,33?,35?,43?,44?;18-,19?,26?,28?,35?,36?;;/m00../s1. The number of esters is 1. The number of β-lactam (4-membered cyclic amide) rings is 2. The molecule has 0 saturated carbocycles. The lowest BCUT2D eigenvalue weighted by atomic mass is 9.78. The molecule has 6 unspecified atom stereocenters. The summed E-state index contributed by atoms with van der Waals surface area (Å²) in [5.41, 5.74) is 14.9. The van der Waals surface area contributed by atoms with Gasteiger partial charge in [-0.2, -0.15) is 8.42 Å². The van der Waals surface area contributed by atoms with E-state index in [0.29, 0.717) is 51.9 Å². The number of nitrogens with two attached hydrogens (primary N) is 2. The number of carbonyl (C=O) groups is 6. The number of non-ortho nitro benzene ring substituents is 1. The Kier molecular flexibility index (Phi) is 20.4. The highest BCUT2D eigenvalue weighted by Gasteiger charge is 2.62. The van der Waals surface area contributed by atoms with Gasteiger partial charge in [0, 0.05) is 47.6 Å². The van der Waals surface area contributed by atoms with Crippen LogP contribution in [0, 0.1) is 33.8 Å². The largest absolute Gasteiger partial charge is 0.543 e. The Bertz CT molecular complexity index is 5160. The van der Waals surface area contributed by atoms with Crippen molar-refractivity contribution in [2.75, 3.05) is 126 Å². The summed E-state index contributed by atoms with van der Waals surface area (Å²) in [5, 5.41) is 47.0. The van der Waals surface area contributed by atoms with Crippen LogP contribution < -0.4 is 25.2 Å². The molecular weight excluding hydrogens is 1470 g/mol. The van der Waals surface area contributed by atoms with Crippen molar-refractivity contribution in [2.45, 2.75) is 93.5 Å². The zero-order chi connectivity index (χ0) is 77.3. The van der Waals surface area contributed by atoms with E-state index < -0.39 is 107 Å². The molecule has 8 fully saturated rings. The van der Waals surface area contributed by atoms with Gasteiger partial charge in [0.1, 0.15) is 90.8 Å². The van der Waals surface area contributed by atoms with Crippen LogP contribution in [0.15, 0.2) is 152 Å².